The first kappa shape index (κ1) is 22.4. The minimum Gasteiger partial charge on any atom is -0.672 e. The molecule has 0 fully saturated rings. The fourth-order valence-electron chi connectivity index (χ4n) is 0. The van der Waals surface area contributed by atoms with Crippen molar-refractivity contribution in [3.8, 4) is 0 Å². The fourth-order valence-corrected chi connectivity index (χ4v) is 0. The van der Waals surface area contributed by atoms with Crippen molar-refractivity contribution in [3.05, 3.63) is 0 Å². The molecule has 0 amide bonds. The van der Waals surface area contributed by atoms with E-state index in [1.54, 1.807) is 0 Å². The normalized spacial score (nSPS) is 4.80. The molecular formula is AlLiO6Si2-3. The van der Waals surface area contributed by atoms with E-state index in [1.165, 1.54) is 0 Å². The average Bonchev–Trinajstić information content (AvgIpc) is 1.25. The van der Waals surface area contributed by atoms with E-state index >= 15 is 0 Å². The van der Waals surface area contributed by atoms with Gasteiger partial charge in [0.1, 0.15) is 0 Å². The summed E-state index contributed by atoms with van der Waals surface area (Å²) in [5, 5.41) is 0. The van der Waals surface area contributed by atoms with Crippen LogP contribution in [0.3, 0.4) is 0 Å². The molecule has 0 saturated heterocycles. The van der Waals surface area contributed by atoms with Crippen molar-refractivity contribution in [1.29, 1.82) is 0 Å². The molecule has 0 spiro atoms. The maximum atomic E-state index is 8.52. The minimum absolute atomic E-state index is 0. The Bertz CT molecular complexity index is 73.7. The van der Waals surface area contributed by atoms with Crippen molar-refractivity contribution < 1.29 is 47.0 Å². The average molecular weight is 186 g/mol. The summed E-state index contributed by atoms with van der Waals surface area (Å²) in [6.45, 7) is 0. The molecule has 51 valence electrons. The van der Waals surface area contributed by atoms with E-state index in [4.69, 9.17) is 28.1 Å². The summed E-state index contributed by atoms with van der Waals surface area (Å²) in [7, 11) is -7.26. The molecule has 0 aliphatic rings. The quantitative estimate of drug-likeness (QED) is 0.345. The SMILES string of the molecule is O=[Si]([O-])[O-].O=[Si]([O-])[O-].[Al].[Li+]. The largest absolute Gasteiger partial charge is 1.00 e. The summed E-state index contributed by atoms with van der Waals surface area (Å²) in [6, 6.07) is 0. The third kappa shape index (κ3) is 3430. The van der Waals surface area contributed by atoms with Crippen molar-refractivity contribution >= 4 is 35.7 Å². The first-order valence-corrected chi connectivity index (χ1v) is 3.67. The van der Waals surface area contributed by atoms with Crippen molar-refractivity contribution in [2.75, 3.05) is 0 Å². The summed E-state index contributed by atoms with van der Waals surface area (Å²) >= 11 is 0. The van der Waals surface area contributed by atoms with Crippen LogP contribution in [0.2, 0.25) is 0 Å². The van der Waals surface area contributed by atoms with Crippen LogP contribution in [0.25, 0.3) is 0 Å². The first-order valence-electron chi connectivity index (χ1n) is 1.22. The summed E-state index contributed by atoms with van der Waals surface area (Å²) in [5.41, 5.74) is 0. The Morgan fingerprint density at radius 1 is 0.800 bits per heavy atom. The Morgan fingerprint density at radius 2 is 0.800 bits per heavy atom. The summed E-state index contributed by atoms with van der Waals surface area (Å²) in [5.74, 6) is 0. The third-order valence-corrected chi connectivity index (χ3v) is 0. The number of rotatable bonds is 0. The molecule has 3 radical (unpaired) electrons. The maximum absolute atomic E-state index is 8.52. The van der Waals surface area contributed by atoms with E-state index in [0.717, 1.165) is 0 Å². The molecule has 10 heavy (non-hydrogen) atoms. The Hall–Kier alpha value is 0.364. The summed E-state index contributed by atoms with van der Waals surface area (Å²) in [4.78, 5) is 34.1. The molecule has 0 aliphatic heterocycles. The van der Waals surface area contributed by atoms with Gasteiger partial charge in [-0.1, -0.05) is 0 Å². The van der Waals surface area contributed by atoms with Crippen LogP contribution in [-0.4, -0.2) is 35.7 Å². The van der Waals surface area contributed by atoms with Gasteiger partial charge in [-0.15, -0.1) is 0 Å². The molecule has 0 aliphatic carbocycles. The van der Waals surface area contributed by atoms with E-state index < -0.39 is 18.3 Å². The smallest absolute Gasteiger partial charge is 0.672 e. The molecule has 10 heteroatoms. The standard InChI is InChI=1S/Al.Li.2O3Si/c;;2*1-4(2)3/q;+1;2*-2. The van der Waals surface area contributed by atoms with E-state index in [2.05, 4.69) is 0 Å². The van der Waals surface area contributed by atoms with Crippen molar-refractivity contribution in [3.63, 3.8) is 0 Å². The van der Waals surface area contributed by atoms with Crippen LogP contribution < -0.4 is 38.0 Å². The third-order valence-electron chi connectivity index (χ3n) is 0. The molecular weight excluding hydrogens is 186 g/mol. The van der Waals surface area contributed by atoms with Crippen molar-refractivity contribution in [1.82, 2.24) is 0 Å². The molecule has 0 aromatic carbocycles. The molecule has 0 N–H and O–H groups in total. The Morgan fingerprint density at radius 3 is 0.800 bits per heavy atom. The van der Waals surface area contributed by atoms with Crippen LogP contribution in [0.5, 0.6) is 0 Å². The van der Waals surface area contributed by atoms with Crippen LogP contribution in [0.15, 0.2) is 0 Å². The van der Waals surface area contributed by atoms with Gasteiger partial charge in [0.2, 0.25) is 0 Å². The fraction of sp³-hybridized carbons (Fsp3) is 0. The molecule has 0 rings (SSSR count). The van der Waals surface area contributed by atoms with Gasteiger partial charge in [0.15, 0.2) is 0 Å². The second-order valence-corrected chi connectivity index (χ2v) is 1.50. The van der Waals surface area contributed by atoms with E-state index in [9.17, 15) is 0 Å². The molecule has 0 heterocycles. The monoisotopic (exact) mass is 186 g/mol. The molecule has 6 nitrogen and oxygen atoms in total. The van der Waals surface area contributed by atoms with Crippen LogP contribution in [-0.2, 0) is 8.92 Å². The van der Waals surface area contributed by atoms with Crippen molar-refractivity contribution in [2.45, 2.75) is 0 Å². The maximum Gasteiger partial charge on any atom is 1.00 e. The zero-order valence-electron chi connectivity index (χ0n) is 5.03. The Kier molecular flexibility index (Phi) is 36.3. The second kappa shape index (κ2) is 16.2. The van der Waals surface area contributed by atoms with Gasteiger partial charge in [0, 0.05) is 35.7 Å². The Balaban J connectivity index is -0.0000000300. The minimum atomic E-state index is -3.63. The van der Waals surface area contributed by atoms with E-state index in [-0.39, 0.29) is 36.2 Å². The molecule has 0 unspecified atom stereocenters. The van der Waals surface area contributed by atoms with Gasteiger partial charge < -0.3 is 28.1 Å². The number of hydrogen-bond acceptors (Lipinski definition) is 6. The predicted octanol–water partition coefficient (Wildman–Crippen LogP) is -9.13. The van der Waals surface area contributed by atoms with Gasteiger partial charge in [-0.05, 0) is 0 Å². The van der Waals surface area contributed by atoms with E-state index in [1.807, 2.05) is 0 Å². The van der Waals surface area contributed by atoms with Crippen LogP contribution in [0.1, 0.15) is 0 Å². The molecule has 0 aromatic heterocycles. The Labute approximate surface area is 82.6 Å². The second-order valence-electron chi connectivity index (χ2n) is 0.500. The molecule has 0 saturated carbocycles. The predicted molar refractivity (Wildman–Crippen MR) is 18.6 cm³/mol. The van der Waals surface area contributed by atoms with Crippen molar-refractivity contribution in [2.24, 2.45) is 0 Å². The zero-order chi connectivity index (χ0) is 7.15. The topological polar surface area (TPSA) is 126 Å². The molecule has 0 aromatic rings. The first-order chi connectivity index (χ1) is 3.46. The van der Waals surface area contributed by atoms with Crippen LogP contribution in [0, 0.1) is 0 Å². The van der Waals surface area contributed by atoms with Gasteiger partial charge in [0.25, 0.3) is 0 Å². The van der Waals surface area contributed by atoms with Gasteiger partial charge in [-0.25, -0.2) is 0 Å². The van der Waals surface area contributed by atoms with Gasteiger partial charge in [-0.3, -0.25) is 0 Å². The van der Waals surface area contributed by atoms with Gasteiger partial charge >= 0.3 is 18.9 Å². The van der Waals surface area contributed by atoms with Crippen LogP contribution in [0.4, 0.5) is 0 Å². The zero-order valence-corrected chi connectivity index (χ0v) is 8.18. The summed E-state index contributed by atoms with van der Waals surface area (Å²) < 4.78 is 17.0. The summed E-state index contributed by atoms with van der Waals surface area (Å²) in [6.07, 6.45) is 0. The number of hydrogen-bond donors (Lipinski definition) is 0. The molecule has 0 atom stereocenters. The van der Waals surface area contributed by atoms with Crippen LogP contribution >= 0.6 is 0 Å². The van der Waals surface area contributed by atoms with Gasteiger partial charge in [0.05, 0.1) is 0 Å². The van der Waals surface area contributed by atoms with Gasteiger partial charge in [-0.2, -0.15) is 0 Å². The molecule has 0 bridgehead atoms. The van der Waals surface area contributed by atoms with E-state index in [0.29, 0.717) is 0 Å².